The van der Waals surface area contributed by atoms with Crippen LogP contribution in [0.25, 0.3) is 22.6 Å². The number of imidazole rings is 1. The van der Waals surface area contributed by atoms with Gasteiger partial charge in [-0.25, -0.2) is 19.0 Å². The zero-order valence-electron chi connectivity index (χ0n) is 20.2. The standard InChI is InChI=1S/C24H26FN7O4/c1-5-32-15-11-18(35-17(12-26)13-7-6-8-16(34-4)19(13)25)28-14(9-10-24(2,3)33)20(15)29-23(32)21-22(27)31-36-30-21/h6-8,11,17,33H,5,12,26H2,1-4H3,(H2,27,31). The van der Waals surface area contributed by atoms with E-state index in [0.717, 1.165) is 0 Å². The van der Waals surface area contributed by atoms with Gasteiger partial charge < -0.3 is 30.6 Å². The number of nitrogen functional groups attached to an aromatic ring is 1. The van der Waals surface area contributed by atoms with E-state index >= 15 is 0 Å². The van der Waals surface area contributed by atoms with Crippen molar-refractivity contribution < 1.29 is 23.6 Å². The highest BCUT2D eigenvalue weighted by molar-refractivity contribution is 5.86. The average Bonchev–Trinajstić information content (AvgIpc) is 3.43. The molecule has 11 nitrogen and oxygen atoms in total. The lowest BCUT2D eigenvalue weighted by molar-refractivity contribution is 0.143. The van der Waals surface area contributed by atoms with Gasteiger partial charge in [0.2, 0.25) is 5.88 Å². The average molecular weight is 496 g/mol. The fourth-order valence-corrected chi connectivity index (χ4v) is 3.63. The number of nitrogens with two attached hydrogens (primary N) is 2. The van der Waals surface area contributed by atoms with Crippen molar-refractivity contribution in [3.63, 3.8) is 0 Å². The Morgan fingerprint density at radius 3 is 2.67 bits per heavy atom. The van der Waals surface area contributed by atoms with E-state index in [2.05, 4.69) is 32.1 Å². The third-order valence-corrected chi connectivity index (χ3v) is 5.28. The molecule has 0 amide bonds. The number of aliphatic hydroxyl groups is 1. The molecule has 3 heterocycles. The smallest absolute Gasteiger partial charge is 0.217 e. The van der Waals surface area contributed by atoms with Crippen LogP contribution in [0.4, 0.5) is 10.2 Å². The van der Waals surface area contributed by atoms with Crippen molar-refractivity contribution in [1.29, 1.82) is 0 Å². The molecule has 0 saturated carbocycles. The third kappa shape index (κ3) is 4.79. The van der Waals surface area contributed by atoms with E-state index < -0.39 is 17.5 Å². The van der Waals surface area contributed by atoms with Crippen molar-refractivity contribution in [3.05, 3.63) is 41.3 Å². The Hall–Kier alpha value is -4.21. The van der Waals surface area contributed by atoms with Crippen LogP contribution in [0, 0.1) is 17.7 Å². The minimum absolute atomic E-state index is 0.0338. The summed E-state index contributed by atoms with van der Waals surface area (Å²) >= 11 is 0. The first-order valence-corrected chi connectivity index (χ1v) is 11.1. The van der Waals surface area contributed by atoms with Crippen molar-refractivity contribution >= 4 is 16.9 Å². The van der Waals surface area contributed by atoms with Gasteiger partial charge in [0.25, 0.3) is 0 Å². The molecule has 0 bridgehead atoms. The van der Waals surface area contributed by atoms with Crippen LogP contribution in [0.5, 0.6) is 11.6 Å². The number of methoxy groups -OCH3 is 1. The zero-order chi connectivity index (χ0) is 26.0. The summed E-state index contributed by atoms with van der Waals surface area (Å²) in [5, 5.41) is 17.6. The highest BCUT2D eigenvalue weighted by atomic mass is 19.1. The normalized spacial score (nSPS) is 12.3. The number of nitrogens with zero attached hydrogens (tertiary/aromatic N) is 5. The monoisotopic (exact) mass is 495 g/mol. The van der Waals surface area contributed by atoms with Crippen LogP contribution in [-0.4, -0.2) is 49.2 Å². The summed E-state index contributed by atoms with van der Waals surface area (Å²) in [7, 11) is 1.38. The van der Waals surface area contributed by atoms with E-state index in [-0.39, 0.29) is 40.9 Å². The van der Waals surface area contributed by atoms with Gasteiger partial charge in [0.1, 0.15) is 22.9 Å². The van der Waals surface area contributed by atoms with Gasteiger partial charge in [-0.05, 0) is 43.1 Å². The second-order valence-electron chi connectivity index (χ2n) is 8.37. The molecule has 0 spiro atoms. The van der Waals surface area contributed by atoms with Gasteiger partial charge in [0.15, 0.2) is 28.9 Å². The van der Waals surface area contributed by atoms with E-state index in [1.54, 1.807) is 32.0 Å². The molecular weight excluding hydrogens is 469 g/mol. The van der Waals surface area contributed by atoms with Gasteiger partial charge in [-0.3, -0.25) is 0 Å². The molecular formula is C24H26FN7O4. The number of anilines is 1. The Morgan fingerprint density at radius 2 is 2.06 bits per heavy atom. The van der Waals surface area contributed by atoms with Gasteiger partial charge >= 0.3 is 0 Å². The lowest BCUT2D eigenvalue weighted by Crippen LogP contribution is -2.20. The van der Waals surface area contributed by atoms with Gasteiger partial charge in [-0.15, -0.1) is 0 Å². The van der Waals surface area contributed by atoms with Crippen molar-refractivity contribution in [2.45, 2.75) is 39.0 Å². The zero-order valence-corrected chi connectivity index (χ0v) is 20.2. The highest BCUT2D eigenvalue weighted by Crippen LogP contribution is 2.32. The van der Waals surface area contributed by atoms with E-state index in [9.17, 15) is 9.50 Å². The van der Waals surface area contributed by atoms with Crippen LogP contribution >= 0.6 is 0 Å². The lowest BCUT2D eigenvalue weighted by Gasteiger charge is -2.19. The number of pyridine rings is 1. The second-order valence-corrected chi connectivity index (χ2v) is 8.37. The van der Waals surface area contributed by atoms with E-state index in [4.69, 9.17) is 25.6 Å². The van der Waals surface area contributed by atoms with Gasteiger partial charge in [-0.1, -0.05) is 18.1 Å². The number of rotatable bonds is 7. The molecule has 4 aromatic rings. The molecule has 1 atom stereocenters. The molecule has 12 heteroatoms. The number of halogens is 1. The number of fused-ring (bicyclic) bond motifs is 1. The first kappa shape index (κ1) is 24.9. The summed E-state index contributed by atoms with van der Waals surface area (Å²) in [5.74, 6) is 5.71. The molecule has 0 aliphatic carbocycles. The molecule has 4 rings (SSSR count). The largest absolute Gasteiger partial charge is 0.494 e. The lowest BCUT2D eigenvalue weighted by atomic mass is 10.1. The maximum atomic E-state index is 14.9. The topological polar surface area (TPSA) is 160 Å². The molecule has 1 aromatic carbocycles. The highest BCUT2D eigenvalue weighted by Gasteiger charge is 2.24. The van der Waals surface area contributed by atoms with Crippen LogP contribution < -0.4 is 20.9 Å². The van der Waals surface area contributed by atoms with E-state index in [1.165, 1.54) is 13.2 Å². The van der Waals surface area contributed by atoms with Crippen molar-refractivity contribution in [2.75, 3.05) is 19.4 Å². The van der Waals surface area contributed by atoms with Crippen molar-refractivity contribution in [2.24, 2.45) is 5.73 Å². The Morgan fingerprint density at radius 1 is 1.28 bits per heavy atom. The molecule has 0 radical (unpaired) electrons. The summed E-state index contributed by atoms with van der Waals surface area (Å²) in [6.45, 7) is 5.45. The molecule has 0 fully saturated rings. The maximum absolute atomic E-state index is 14.9. The summed E-state index contributed by atoms with van der Waals surface area (Å²) in [6, 6.07) is 6.37. The molecule has 0 saturated heterocycles. The number of aromatic nitrogens is 5. The molecule has 3 aromatic heterocycles. The molecule has 0 aliphatic rings. The van der Waals surface area contributed by atoms with Crippen molar-refractivity contribution in [1.82, 2.24) is 24.8 Å². The fraction of sp³-hybridized carbons (Fsp3) is 0.333. The SMILES string of the molecule is CCn1c(-c2nonc2N)nc2c(C#CC(C)(C)O)nc(OC(CN)c3cccc(OC)c3F)cc21. The summed E-state index contributed by atoms with van der Waals surface area (Å²) in [4.78, 5) is 9.14. The van der Waals surface area contributed by atoms with Crippen molar-refractivity contribution in [3.8, 4) is 35.0 Å². The first-order chi connectivity index (χ1) is 17.2. The Labute approximate surface area is 206 Å². The fourth-order valence-electron chi connectivity index (χ4n) is 3.63. The third-order valence-electron chi connectivity index (χ3n) is 5.28. The number of hydrogen-bond donors (Lipinski definition) is 3. The number of benzene rings is 1. The van der Waals surface area contributed by atoms with Crippen LogP contribution in [0.15, 0.2) is 28.9 Å². The summed E-state index contributed by atoms with van der Waals surface area (Å²) < 4.78 is 32.6. The number of ether oxygens (including phenoxy) is 2. The predicted octanol–water partition coefficient (Wildman–Crippen LogP) is 2.43. The quantitative estimate of drug-likeness (QED) is 0.325. The minimum atomic E-state index is -1.29. The van der Waals surface area contributed by atoms with Crippen LogP contribution in [0.1, 0.15) is 38.1 Å². The molecule has 188 valence electrons. The van der Waals surface area contributed by atoms with Gasteiger partial charge in [0.05, 0.1) is 12.6 Å². The second kappa shape index (κ2) is 9.80. The summed E-state index contributed by atoms with van der Waals surface area (Å²) in [6.07, 6.45) is -0.868. The van der Waals surface area contributed by atoms with Crippen LogP contribution in [-0.2, 0) is 6.54 Å². The predicted molar refractivity (Wildman–Crippen MR) is 129 cm³/mol. The van der Waals surface area contributed by atoms with Crippen LogP contribution in [0.3, 0.4) is 0 Å². The minimum Gasteiger partial charge on any atom is -0.494 e. The summed E-state index contributed by atoms with van der Waals surface area (Å²) in [5.41, 5.74) is 12.3. The maximum Gasteiger partial charge on any atom is 0.217 e. The van der Waals surface area contributed by atoms with E-state index in [1.807, 2.05) is 11.5 Å². The Bertz CT molecular complexity index is 1460. The van der Waals surface area contributed by atoms with E-state index in [0.29, 0.717) is 23.4 Å². The molecule has 1 unspecified atom stereocenters. The van der Waals surface area contributed by atoms with Crippen LogP contribution in [0.2, 0.25) is 0 Å². The Balaban J connectivity index is 1.89. The number of hydrogen-bond acceptors (Lipinski definition) is 10. The molecule has 5 N–H and O–H groups in total. The Kier molecular flexibility index (Phi) is 6.78. The van der Waals surface area contributed by atoms with Gasteiger partial charge in [-0.2, -0.15) is 0 Å². The molecule has 36 heavy (non-hydrogen) atoms. The van der Waals surface area contributed by atoms with Gasteiger partial charge in [0, 0.05) is 24.7 Å². The number of aryl methyl sites for hydroxylation is 1. The first-order valence-electron chi connectivity index (χ1n) is 11.1. The molecule has 0 aliphatic heterocycles.